The number of aromatic nitrogens is 4. The topological polar surface area (TPSA) is 104 Å². The normalized spacial score (nSPS) is 18.4. The van der Waals surface area contributed by atoms with Crippen LogP contribution in [0.25, 0.3) is 5.65 Å². The third-order valence-corrected chi connectivity index (χ3v) is 4.02. The quantitative estimate of drug-likeness (QED) is 0.570. The highest BCUT2D eigenvalue weighted by atomic mass is 35.5. The van der Waals surface area contributed by atoms with Crippen molar-refractivity contribution < 1.29 is 32.3 Å². The number of amides is 1. The largest absolute Gasteiger partial charge is 0.490 e. The van der Waals surface area contributed by atoms with Crippen molar-refractivity contribution in [2.75, 3.05) is 24.5 Å². The van der Waals surface area contributed by atoms with Crippen LogP contribution in [-0.2, 0) is 9.59 Å². The van der Waals surface area contributed by atoms with Crippen LogP contribution in [0.4, 0.5) is 23.4 Å². The monoisotopic (exact) mass is 426 g/mol. The van der Waals surface area contributed by atoms with E-state index in [1.165, 1.54) is 4.90 Å². The third-order valence-electron chi connectivity index (χ3n) is 3.84. The third kappa shape index (κ3) is 4.97. The number of alkyl halides is 5. The fourth-order valence-electron chi connectivity index (χ4n) is 2.56. The zero-order valence-corrected chi connectivity index (χ0v) is 15.1. The first-order valence-corrected chi connectivity index (χ1v) is 8.24. The first-order valence-electron chi connectivity index (χ1n) is 7.80. The molecular formula is C14H15ClF4N6O3. The van der Waals surface area contributed by atoms with Crippen LogP contribution in [0.15, 0.2) is 18.7 Å². The maximum atomic E-state index is 12.9. The first kappa shape index (κ1) is 21.6. The summed E-state index contributed by atoms with van der Waals surface area (Å²) in [7, 11) is 0. The van der Waals surface area contributed by atoms with E-state index in [-0.39, 0.29) is 6.04 Å². The van der Waals surface area contributed by atoms with Gasteiger partial charge < -0.3 is 14.9 Å². The minimum atomic E-state index is -5.08. The zero-order valence-electron chi connectivity index (χ0n) is 14.3. The minimum absolute atomic E-state index is 0.0199. The molecular weight excluding hydrogens is 412 g/mol. The minimum Gasteiger partial charge on any atom is -0.475 e. The van der Waals surface area contributed by atoms with E-state index in [4.69, 9.17) is 21.5 Å². The molecule has 1 amide bonds. The second-order valence-corrected chi connectivity index (χ2v) is 6.13. The van der Waals surface area contributed by atoms with E-state index >= 15 is 0 Å². The van der Waals surface area contributed by atoms with E-state index in [1.54, 1.807) is 23.1 Å². The van der Waals surface area contributed by atoms with Crippen LogP contribution in [-0.4, -0.2) is 78.9 Å². The lowest BCUT2D eigenvalue weighted by Crippen LogP contribution is -2.55. The number of anilines is 1. The second-order valence-electron chi connectivity index (χ2n) is 5.74. The van der Waals surface area contributed by atoms with Crippen molar-refractivity contribution in [3.8, 4) is 0 Å². The molecule has 2 atom stereocenters. The predicted molar refractivity (Wildman–Crippen MR) is 88.6 cm³/mol. The molecule has 14 heteroatoms. The molecule has 3 rings (SSSR count). The van der Waals surface area contributed by atoms with Gasteiger partial charge in [0.25, 0.3) is 11.5 Å². The zero-order chi connectivity index (χ0) is 21.1. The fourth-order valence-corrected chi connectivity index (χ4v) is 2.70. The standard InChI is InChI=1S/C12H14ClFN6O.C2HF3O2/c1-8-6-18(12(21)9(13)14)4-5-20(8)10-11-17-16-7-19(11)3-2-15-10;3-2(4,5)1(6)7/h2-3,7-9H,4-6H2,1H3;(H,6,7). The van der Waals surface area contributed by atoms with Gasteiger partial charge >= 0.3 is 12.1 Å². The van der Waals surface area contributed by atoms with E-state index in [0.29, 0.717) is 31.1 Å². The number of aliphatic carboxylic acids is 1. The average molecular weight is 427 g/mol. The van der Waals surface area contributed by atoms with E-state index in [2.05, 4.69) is 15.2 Å². The van der Waals surface area contributed by atoms with Crippen molar-refractivity contribution in [2.45, 2.75) is 24.8 Å². The average Bonchev–Trinajstić information content (AvgIpc) is 3.09. The number of carbonyl (C=O) groups is 2. The highest BCUT2D eigenvalue weighted by Gasteiger charge is 2.38. The maximum Gasteiger partial charge on any atom is 0.490 e. The molecule has 1 saturated heterocycles. The number of fused-ring (bicyclic) bond motifs is 1. The van der Waals surface area contributed by atoms with Gasteiger partial charge in [0.2, 0.25) is 5.65 Å². The molecule has 2 aromatic heterocycles. The number of hydrogen-bond donors (Lipinski definition) is 1. The fraction of sp³-hybridized carbons (Fsp3) is 0.500. The van der Waals surface area contributed by atoms with E-state index in [0.717, 1.165) is 0 Å². The molecule has 0 radical (unpaired) electrons. The van der Waals surface area contributed by atoms with Crippen LogP contribution in [0.5, 0.6) is 0 Å². The summed E-state index contributed by atoms with van der Waals surface area (Å²) in [6.07, 6.45) is -0.0388. The summed E-state index contributed by atoms with van der Waals surface area (Å²) in [4.78, 5) is 28.3. The molecule has 0 bridgehead atoms. The second kappa shape index (κ2) is 8.54. The van der Waals surface area contributed by atoms with Gasteiger partial charge in [0.05, 0.1) is 0 Å². The summed E-state index contributed by atoms with van der Waals surface area (Å²) in [5, 5.41) is 15.0. The summed E-state index contributed by atoms with van der Waals surface area (Å²) < 4.78 is 46.4. The maximum absolute atomic E-state index is 12.9. The first-order chi connectivity index (χ1) is 13.0. The number of nitrogens with zero attached hydrogens (tertiary/aromatic N) is 6. The van der Waals surface area contributed by atoms with Crippen molar-refractivity contribution in [1.29, 1.82) is 0 Å². The number of piperazine rings is 1. The van der Waals surface area contributed by atoms with E-state index < -0.39 is 23.7 Å². The Morgan fingerprint density at radius 1 is 1.36 bits per heavy atom. The van der Waals surface area contributed by atoms with E-state index in [9.17, 15) is 22.4 Å². The molecule has 3 heterocycles. The summed E-state index contributed by atoms with van der Waals surface area (Å²) >= 11 is 5.22. The van der Waals surface area contributed by atoms with Crippen LogP contribution in [0.2, 0.25) is 0 Å². The summed E-state index contributed by atoms with van der Waals surface area (Å²) in [5.74, 6) is -2.73. The lowest BCUT2D eigenvalue weighted by molar-refractivity contribution is -0.192. The Labute approximate surface area is 160 Å². The molecule has 0 saturated carbocycles. The van der Waals surface area contributed by atoms with Crippen LogP contribution < -0.4 is 4.90 Å². The van der Waals surface area contributed by atoms with Crippen LogP contribution in [0, 0.1) is 0 Å². The summed E-state index contributed by atoms with van der Waals surface area (Å²) in [6.45, 7) is 3.27. The van der Waals surface area contributed by atoms with Crippen molar-refractivity contribution in [2.24, 2.45) is 0 Å². The van der Waals surface area contributed by atoms with Gasteiger partial charge in [-0.2, -0.15) is 13.2 Å². The van der Waals surface area contributed by atoms with Gasteiger partial charge in [-0.05, 0) is 6.92 Å². The Balaban J connectivity index is 0.000000345. The predicted octanol–water partition coefficient (Wildman–Crippen LogP) is 1.33. The SMILES string of the molecule is CC1CN(C(=O)C(F)Cl)CCN1c1nccn2cnnc12.O=C(O)C(F)(F)F. The Morgan fingerprint density at radius 3 is 2.54 bits per heavy atom. The van der Waals surface area contributed by atoms with Crippen molar-refractivity contribution >= 4 is 34.9 Å². The molecule has 2 unspecified atom stereocenters. The molecule has 1 N–H and O–H groups in total. The van der Waals surface area contributed by atoms with Gasteiger partial charge in [-0.1, -0.05) is 11.6 Å². The Hall–Kier alpha value is -2.70. The number of hydrogen-bond acceptors (Lipinski definition) is 6. The summed E-state index contributed by atoms with van der Waals surface area (Å²) in [5.41, 5.74) is -1.33. The smallest absolute Gasteiger partial charge is 0.475 e. The molecule has 0 spiro atoms. The molecule has 154 valence electrons. The Kier molecular flexibility index (Phi) is 6.59. The van der Waals surface area contributed by atoms with Crippen molar-refractivity contribution in [3.05, 3.63) is 18.7 Å². The molecule has 28 heavy (non-hydrogen) atoms. The number of carboxylic acid groups (broad SMARTS) is 1. The van der Waals surface area contributed by atoms with Gasteiger partial charge in [-0.25, -0.2) is 14.2 Å². The van der Waals surface area contributed by atoms with Crippen LogP contribution in [0.1, 0.15) is 6.92 Å². The Bertz CT molecular complexity index is 846. The van der Waals surface area contributed by atoms with E-state index in [1.807, 2.05) is 11.8 Å². The van der Waals surface area contributed by atoms with Crippen LogP contribution in [0.3, 0.4) is 0 Å². The van der Waals surface area contributed by atoms with Gasteiger partial charge in [0.15, 0.2) is 5.82 Å². The van der Waals surface area contributed by atoms with Gasteiger partial charge in [0.1, 0.15) is 6.33 Å². The number of halogens is 5. The highest BCUT2D eigenvalue weighted by molar-refractivity contribution is 6.29. The Morgan fingerprint density at radius 2 is 2.00 bits per heavy atom. The summed E-state index contributed by atoms with van der Waals surface area (Å²) in [6, 6.07) is -0.0199. The highest BCUT2D eigenvalue weighted by Crippen LogP contribution is 2.22. The number of carboxylic acids is 1. The van der Waals surface area contributed by atoms with Gasteiger partial charge in [-0.15, -0.1) is 10.2 Å². The number of carbonyl (C=O) groups excluding carboxylic acids is 1. The van der Waals surface area contributed by atoms with Gasteiger partial charge in [-0.3, -0.25) is 9.20 Å². The molecule has 0 aliphatic carbocycles. The van der Waals surface area contributed by atoms with Crippen molar-refractivity contribution in [1.82, 2.24) is 24.5 Å². The molecule has 1 fully saturated rings. The number of rotatable bonds is 2. The molecule has 1 aliphatic heterocycles. The lowest BCUT2D eigenvalue weighted by Gasteiger charge is -2.40. The van der Waals surface area contributed by atoms with Gasteiger partial charge in [0, 0.05) is 38.1 Å². The molecule has 1 aliphatic rings. The lowest BCUT2D eigenvalue weighted by atomic mass is 10.2. The van der Waals surface area contributed by atoms with Crippen molar-refractivity contribution in [3.63, 3.8) is 0 Å². The molecule has 9 nitrogen and oxygen atoms in total. The van der Waals surface area contributed by atoms with Crippen LogP contribution >= 0.6 is 11.6 Å². The molecule has 2 aromatic rings. The molecule has 0 aromatic carbocycles.